The largest absolute Gasteiger partial charge is 0.502 e. The molecule has 0 N–H and O–H groups in total. The lowest BCUT2D eigenvalue weighted by Crippen LogP contribution is -2.09. The van der Waals surface area contributed by atoms with Crippen molar-refractivity contribution < 1.29 is 28.5 Å². The third-order valence-electron chi connectivity index (χ3n) is 3.34. The van der Waals surface area contributed by atoms with Crippen LogP contribution in [0.1, 0.15) is 57.8 Å². The molecule has 0 fully saturated rings. The van der Waals surface area contributed by atoms with Crippen molar-refractivity contribution in [1.82, 2.24) is 0 Å². The molecule has 0 heterocycles. The summed E-state index contributed by atoms with van der Waals surface area (Å²) in [6.07, 6.45) is 9.11. The molecule has 6 nitrogen and oxygen atoms in total. The van der Waals surface area contributed by atoms with Crippen LogP contribution >= 0.6 is 0 Å². The van der Waals surface area contributed by atoms with Crippen molar-refractivity contribution in [3.8, 4) is 0 Å². The van der Waals surface area contributed by atoms with Crippen molar-refractivity contribution in [2.75, 3.05) is 26.4 Å². The highest BCUT2D eigenvalue weighted by atomic mass is 16.5. The molecule has 6 heteroatoms. The summed E-state index contributed by atoms with van der Waals surface area (Å²) in [7, 11) is 0. The summed E-state index contributed by atoms with van der Waals surface area (Å²) in [5.74, 6) is -0.533. The number of carbonyl (C=O) groups is 2. The SMILES string of the molecule is C=COCCCCCOC(=O)CCCC(=O)OCCCCCOC=C. The number of hydrogen-bond acceptors (Lipinski definition) is 6. The Balaban J connectivity index is 3.35. The lowest BCUT2D eigenvalue weighted by Gasteiger charge is -2.06. The average molecular weight is 356 g/mol. The van der Waals surface area contributed by atoms with E-state index in [1.807, 2.05) is 0 Å². The van der Waals surface area contributed by atoms with Crippen molar-refractivity contribution >= 4 is 11.9 Å². The van der Waals surface area contributed by atoms with E-state index < -0.39 is 0 Å². The molecule has 25 heavy (non-hydrogen) atoms. The minimum Gasteiger partial charge on any atom is -0.502 e. The van der Waals surface area contributed by atoms with E-state index in [2.05, 4.69) is 13.2 Å². The summed E-state index contributed by atoms with van der Waals surface area (Å²) < 4.78 is 20.2. The molecule has 0 aromatic rings. The van der Waals surface area contributed by atoms with Crippen LogP contribution in [0.4, 0.5) is 0 Å². The van der Waals surface area contributed by atoms with Crippen LogP contribution in [0, 0.1) is 0 Å². The summed E-state index contributed by atoms with van der Waals surface area (Å²) in [5, 5.41) is 0. The molecule has 0 radical (unpaired) electrons. The lowest BCUT2D eigenvalue weighted by molar-refractivity contribution is -0.145. The first kappa shape index (κ1) is 23.0. The van der Waals surface area contributed by atoms with Crippen LogP contribution < -0.4 is 0 Å². The molecule has 0 aromatic heterocycles. The van der Waals surface area contributed by atoms with Gasteiger partial charge in [-0.3, -0.25) is 9.59 Å². The normalized spacial score (nSPS) is 9.92. The van der Waals surface area contributed by atoms with Gasteiger partial charge in [-0.05, 0) is 44.9 Å². The zero-order chi connectivity index (χ0) is 18.6. The van der Waals surface area contributed by atoms with Crippen molar-refractivity contribution in [3.05, 3.63) is 25.7 Å². The van der Waals surface area contributed by atoms with Crippen LogP contribution in [-0.2, 0) is 28.5 Å². The van der Waals surface area contributed by atoms with Gasteiger partial charge < -0.3 is 18.9 Å². The second-order valence-electron chi connectivity index (χ2n) is 5.49. The highest BCUT2D eigenvalue weighted by Crippen LogP contribution is 2.03. The zero-order valence-corrected chi connectivity index (χ0v) is 15.2. The maximum Gasteiger partial charge on any atom is 0.305 e. The third-order valence-corrected chi connectivity index (χ3v) is 3.34. The van der Waals surface area contributed by atoms with Crippen molar-refractivity contribution in [3.63, 3.8) is 0 Å². The molecule has 0 rings (SSSR count). The molecule has 0 unspecified atom stereocenters. The van der Waals surface area contributed by atoms with Gasteiger partial charge >= 0.3 is 11.9 Å². The van der Waals surface area contributed by atoms with Gasteiger partial charge in [-0.15, -0.1) is 0 Å². The van der Waals surface area contributed by atoms with Crippen LogP contribution in [0.5, 0.6) is 0 Å². The molecule has 0 saturated carbocycles. The Morgan fingerprint density at radius 2 is 1.00 bits per heavy atom. The fourth-order valence-electron chi connectivity index (χ4n) is 1.99. The van der Waals surface area contributed by atoms with Crippen LogP contribution in [0.2, 0.25) is 0 Å². The van der Waals surface area contributed by atoms with Crippen molar-refractivity contribution in [1.29, 1.82) is 0 Å². The van der Waals surface area contributed by atoms with Gasteiger partial charge in [-0.25, -0.2) is 0 Å². The first-order valence-electron chi connectivity index (χ1n) is 8.97. The van der Waals surface area contributed by atoms with Crippen molar-refractivity contribution in [2.24, 2.45) is 0 Å². The van der Waals surface area contributed by atoms with E-state index >= 15 is 0 Å². The monoisotopic (exact) mass is 356 g/mol. The fraction of sp³-hybridized carbons (Fsp3) is 0.684. The summed E-state index contributed by atoms with van der Waals surface area (Å²) in [4.78, 5) is 23.0. The van der Waals surface area contributed by atoms with E-state index in [1.165, 1.54) is 12.5 Å². The minimum absolute atomic E-state index is 0.244. The highest BCUT2D eigenvalue weighted by Gasteiger charge is 2.07. The molecule has 0 saturated heterocycles. The highest BCUT2D eigenvalue weighted by molar-refractivity contribution is 5.72. The number of carbonyl (C=O) groups excluding carboxylic acids is 2. The Labute approximate surface area is 151 Å². The minimum atomic E-state index is -0.266. The van der Waals surface area contributed by atoms with E-state index in [0.717, 1.165) is 38.5 Å². The third kappa shape index (κ3) is 18.2. The maximum absolute atomic E-state index is 11.5. The van der Waals surface area contributed by atoms with E-state index in [4.69, 9.17) is 18.9 Å². The predicted octanol–water partition coefficient (Wildman–Crippen LogP) is 3.90. The fourth-order valence-corrected chi connectivity index (χ4v) is 1.99. The molecular weight excluding hydrogens is 324 g/mol. The first-order chi connectivity index (χ1) is 12.2. The smallest absolute Gasteiger partial charge is 0.305 e. The van der Waals surface area contributed by atoms with E-state index in [-0.39, 0.29) is 24.8 Å². The van der Waals surface area contributed by atoms with Gasteiger partial charge in [0.25, 0.3) is 0 Å². The van der Waals surface area contributed by atoms with Gasteiger partial charge in [0.15, 0.2) is 0 Å². The Bertz CT molecular complexity index is 333. The maximum atomic E-state index is 11.5. The first-order valence-corrected chi connectivity index (χ1v) is 8.97. The topological polar surface area (TPSA) is 71.1 Å². The van der Waals surface area contributed by atoms with Crippen molar-refractivity contribution in [2.45, 2.75) is 57.8 Å². The number of rotatable bonds is 18. The predicted molar refractivity (Wildman–Crippen MR) is 95.8 cm³/mol. The molecule has 0 aliphatic carbocycles. The van der Waals surface area contributed by atoms with Gasteiger partial charge in [-0.1, -0.05) is 13.2 Å². The summed E-state index contributed by atoms with van der Waals surface area (Å²) in [6.45, 7) is 9.02. The van der Waals surface area contributed by atoms with Gasteiger partial charge in [0.05, 0.1) is 39.0 Å². The van der Waals surface area contributed by atoms with Gasteiger partial charge in [-0.2, -0.15) is 0 Å². The molecule has 0 spiro atoms. The Kier molecular flexibility index (Phi) is 16.9. The Morgan fingerprint density at radius 3 is 1.40 bits per heavy atom. The lowest BCUT2D eigenvalue weighted by atomic mass is 10.2. The molecule has 0 aliphatic heterocycles. The number of esters is 2. The standard InChI is InChI=1S/C19H32O6/c1-3-22-14-7-5-9-16-24-18(20)12-11-13-19(21)25-17-10-6-8-15-23-4-2/h3-4H,1-2,5-17H2. The van der Waals surface area contributed by atoms with Crippen LogP contribution in [0.25, 0.3) is 0 Å². The molecule has 0 atom stereocenters. The number of unbranched alkanes of at least 4 members (excludes halogenated alkanes) is 4. The zero-order valence-electron chi connectivity index (χ0n) is 15.2. The second kappa shape index (κ2) is 18.4. The Hall–Kier alpha value is -1.98. The average Bonchev–Trinajstić information content (AvgIpc) is 2.60. The second-order valence-corrected chi connectivity index (χ2v) is 5.49. The molecule has 0 aliphatic rings. The quantitative estimate of drug-likeness (QED) is 0.211. The van der Waals surface area contributed by atoms with Crippen LogP contribution in [0.3, 0.4) is 0 Å². The van der Waals surface area contributed by atoms with Crippen LogP contribution in [-0.4, -0.2) is 38.4 Å². The molecule has 0 bridgehead atoms. The summed E-state index contributed by atoms with van der Waals surface area (Å²) in [6, 6.07) is 0. The van der Waals surface area contributed by atoms with E-state index in [9.17, 15) is 9.59 Å². The molecule has 144 valence electrons. The molecule has 0 amide bonds. The summed E-state index contributed by atoms with van der Waals surface area (Å²) in [5.41, 5.74) is 0. The van der Waals surface area contributed by atoms with E-state index in [0.29, 0.717) is 32.8 Å². The van der Waals surface area contributed by atoms with Crippen LogP contribution in [0.15, 0.2) is 25.7 Å². The number of ether oxygens (including phenoxy) is 4. The Morgan fingerprint density at radius 1 is 0.600 bits per heavy atom. The van der Waals surface area contributed by atoms with Gasteiger partial charge in [0.1, 0.15) is 0 Å². The molecule has 0 aromatic carbocycles. The van der Waals surface area contributed by atoms with E-state index in [1.54, 1.807) is 0 Å². The number of hydrogen-bond donors (Lipinski definition) is 0. The van der Waals surface area contributed by atoms with Gasteiger partial charge in [0.2, 0.25) is 0 Å². The molecular formula is C19H32O6. The summed E-state index contributed by atoms with van der Waals surface area (Å²) >= 11 is 0. The van der Waals surface area contributed by atoms with Gasteiger partial charge in [0, 0.05) is 12.8 Å².